The third-order valence-corrected chi connectivity index (χ3v) is 7.85. The van der Waals surface area contributed by atoms with Crippen molar-refractivity contribution in [3.63, 3.8) is 0 Å². The van der Waals surface area contributed by atoms with E-state index in [-0.39, 0.29) is 29.4 Å². The quantitative estimate of drug-likeness (QED) is 0.548. The molecule has 0 unspecified atom stereocenters. The van der Waals surface area contributed by atoms with Gasteiger partial charge in [-0.1, -0.05) is 31.3 Å². The highest BCUT2D eigenvalue weighted by Crippen LogP contribution is 2.23. The number of fused-ring (bicyclic) bond motifs is 1. The third kappa shape index (κ3) is 4.99. The van der Waals surface area contributed by atoms with Crippen LogP contribution in [0.25, 0.3) is 10.2 Å². The number of carbonyl (C=O) groups excluding carboxylic acids is 1. The molecule has 0 atom stereocenters. The van der Waals surface area contributed by atoms with E-state index >= 15 is 0 Å². The number of thiazole rings is 1. The topological polar surface area (TPSA) is 77.7 Å². The Morgan fingerprint density at radius 3 is 2.50 bits per heavy atom. The van der Waals surface area contributed by atoms with E-state index in [9.17, 15) is 13.2 Å². The Morgan fingerprint density at radius 2 is 1.87 bits per heavy atom. The van der Waals surface area contributed by atoms with Crippen LogP contribution in [0, 0.1) is 0 Å². The van der Waals surface area contributed by atoms with Crippen molar-refractivity contribution < 1.29 is 17.9 Å². The van der Waals surface area contributed by atoms with E-state index in [0.717, 1.165) is 10.2 Å². The molecule has 0 spiro atoms. The first-order valence-electron chi connectivity index (χ1n) is 9.75. The molecule has 1 amide bonds. The van der Waals surface area contributed by atoms with Crippen molar-refractivity contribution in [3.8, 4) is 5.75 Å². The Labute approximate surface area is 180 Å². The van der Waals surface area contributed by atoms with Gasteiger partial charge in [0.05, 0.1) is 28.0 Å². The first-order chi connectivity index (χ1) is 14.2. The van der Waals surface area contributed by atoms with Crippen LogP contribution in [-0.2, 0) is 21.7 Å². The molecule has 0 N–H and O–H groups in total. The second-order valence-electron chi connectivity index (χ2n) is 7.43. The Bertz CT molecular complexity index is 1220. The van der Waals surface area contributed by atoms with Crippen molar-refractivity contribution in [1.82, 2.24) is 4.57 Å². The molecule has 0 saturated carbocycles. The first-order valence-corrected chi connectivity index (χ1v) is 12.2. The summed E-state index contributed by atoms with van der Waals surface area (Å²) in [7, 11) is -0.0382. The van der Waals surface area contributed by atoms with Gasteiger partial charge in [0, 0.05) is 13.5 Å². The second-order valence-corrected chi connectivity index (χ2v) is 10.5. The van der Waals surface area contributed by atoms with E-state index in [0.29, 0.717) is 16.5 Å². The Morgan fingerprint density at radius 1 is 1.17 bits per heavy atom. The standard InChI is InChI=1S/C22H26N2O4S2/c1-15(2)16-7-12-19-20(14-16)29-22(24(19)3)23-21(25)6-5-13-30(26,27)18-10-8-17(28-4)9-11-18/h7-12,14-15H,5-6,13H2,1-4H3. The molecule has 0 aliphatic rings. The minimum atomic E-state index is -3.45. The van der Waals surface area contributed by atoms with Gasteiger partial charge in [-0.15, -0.1) is 0 Å². The number of hydrogen-bond acceptors (Lipinski definition) is 5. The van der Waals surface area contributed by atoms with E-state index < -0.39 is 9.84 Å². The van der Waals surface area contributed by atoms with Crippen LogP contribution in [0.1, 0.15) is 38.2 Å². The number of benzene rings is 2. The molecule has 0 bridgehead atoms. The number of sulfone groups is 1. The highest BCUT2D eigenvalue weighted by Gasteiger charge is 2.15. The summed E-state index contributed by atoms with van der Waals surface area (Å²) in [6.45, 7) is 4.28. The molecule has 1 heterocycles. The lowest BCUT2D eigenvalue weighted by atomic mass is 10.0. The van der Waals surface area contributed by atoms with E-state index in [2.05, 4.69) is 31.0 Å². The Balaban J connectivity index is 1.69. The lowest BCUT2D eigenvalue weighted by Crippen LogP contribution is -2.14. The minimum Gasteiger partial charge on any atom is -0.497 e. The largest absolute Gasteiger partial charge is 0.497 e. The molecule has 1 aromatic heterocycles. The highest BCUT2D eigenvalue weighted by atomic mass is 32.2. The van der Waals surface area contributed by atoms with Crippen molar-refractivity contribution in [2.75, 3.05) is 12.9 Å². The van der Waals surface area contributed by atoms with Crippen LogP contribution in [0.2, 0.25) is 0 Å². The number of methoxy groups -OCH3 is 1. The SMILES string of the molecule is COc1ccc(S(=O)(=O)CCCC(=O)N=c2sc3cc(C(C)C)ccc3n2C)cc1. The summed E-state index contributed by atoms with van der Waals surface area (Å²) in [5.41, 5.74) is 2.27. The number of ether oxygens (including phenoxy) is 1. The van der Waals surface area contributed by atoms with Crippen molar-refractivity contribution in [2.45, 2.75) is 37.5 Å². The third-order valence-electron chi connectivity index (χ3n) is 4.94. The molecule has 0 aliphatic heterocycles. The summed E-state index contributed by atoms with van der Waals surface area (Å²) in [4.78, 5) is 17.4. The fraction of sp³-hybridized carbons (Fsp3) is 0.364. The van der Waals surface area contributed by atoms with Crippen molar-refractivity contribution >= 4 is 37.3 Å². The van der Waals surface area contributed by atoms with Crippen LogP contribution in [-0.4, -0.2) is 31.8 Å². The maximum absolute atomic E-state index is 12.4. The summed E-state index contributed by atoms with van der Waals surface area (Å²) in [5.74, 6) is 0.610. The van der Waals surface area contributed by atoms with Crippen LogP contribution >= 0.6 is 11.3 Å². The van der Waals surface area contributed by atoms with Gasteiger partial charge >= 0.3 is 0 Å². The van der Waals surface area contributed by atoms with Gasteiger partial charge in [0.15, 0.2) is 14.6 Å². The minimum absolute atomic E-state index is 0.0842. The van der Waals surface area contributed by atoms with E-state index in [1.165, 1.54) is 36.1 Å². The van der Waals surface area contributed by atoms with Crippen molar-refractivity contribution in [3.05, 3.63) is 52.8 Å². The smallest absolute Gasteiger partial charge is 0.248 e. The van der Waals surface area contributed by atoms with Gasteiger partial charge in [0.25, 0.3) is 0 Å². The van der Waals surface area contributed by atoms with Gasteiger partial charge in [-0.05, 0) is 54.3 Å². The monoisotopic (exact) mass is 446 g/mol. The molecule has 6 nitrogen and oxygen atoms in total. The first kappa shape index (κ1) is 22.2. The zero-order chi connectivity index (χ0) is 21.9. The molecular formula is C22H26N2O4S2. The number of nitrogens with zero attached hydrogens (tertiary/aromatic N) is 2. The molecule has 0 aliphatic carbocycles. The molecule has 0 fully saturated rings. The van der Waals surface area contributed by atoms with Crippen LogP contribution in [0.3, 0.4) is 0 Å². The summed E-state index contributed by atoms with van der Waals surface area (Å²) in [5, 5.41) is 0. The van der Waals surface area contributed by atoms with E-state index in [1.807, 2.05) is 17.7 Å². The normalized spacial score (nSPS) is 12.6. The molecule has 2 aromatic carbocycles. The maximum Gasteiger partial charge on any atom is 0.248 e. The molecule has 0 radical (unpaired) electrons. The summed E-state index contributed by atoms with van der Waals surface area (Å²) in [6.07, 6.45) is 0.309. The lowest BCUT2D eigenvalue weighted by molar-refractivity contribution is -0.118. The average molecular weight is 447 g/mol. The highest BCUT2D eigenvalue weighted by molar-refractivity contribution is 7.91. The fourth-order valence-electron chi connectivity index (χ4n) is 3.09. The second kappa shape index (κ2) is 9.14. The van der Waals surface area contributed by atoms with Crippen LogP contribution in [0.4, 0.5) is 0 Å². The molecule has 8 heteroatoms. The predicted octanol–water partition coefficient (Wildman–Crippen LogP) is 4.05. The fourth-order valence-corrected chi connectivity index (χ4v) is 5.49. The van der Waals surface area contributed by atoms with Crippen LogP contribution in [0.15, 0.2) is 52.4 Å². The molecule has 3 rings (SSSR count). The van der Waals surface area contributed by atoms with E-state index in [4.69, 9.17) is 4.74 Å². The van der Waals surface area contributed by atoms with Crippen LogP contribution < -0.4 is 9.54 Å². The van der Waals surface area contributed by atoms with Crippen molar-refractivity contribution in [2.24, 2.45) is 12.0 Å². The number of hydrogen-bond donors (Lipinski definition) is 0. The zero-order valence-corrected chi connectivity index (χ0v) is 19.2. The summed E-state index contributed by atoms with van der Waals surface area (Å²) >= 11 is 1.47. The summed E-state index contributed by atoms with van der Waals surface area (Å²) in [6, 6.07) is 12.5. The van der Waals surface area contributed by atoms with Crippen LogP contribution in [0.5, 0.6) is 5.75 Å². The van der Waals surface area contributed by atoms with Gasteiger partial charge in [-0.3, -0.25) is 4.79 Å². The average Bonchev–Trinajstić information content (AvgIpc) is 3.02. The van der Waals surface area contributed by atoms with Crippen molar-refractivity contribution in [1.29, 1.82) is 0 Å². The van der Waals surface area contributed by atoms with Gasteiger partial charge < -0.3 is 9.30 Å². The molecule has 3 aromatic rings. The molecular weight excluding hydrogens is 420 g/mol. The van der Waals surface area contributed by atoms with E-state index in [1.54, 1.807) is 12.1 Å². The molecule has 30 heavy (non-hydrogen) atoms. The Kier molecular flexibility index (Phi) is 6.77. The lowest BCUT2D eigenvalue weighted by Gasteiger charge is -2.05. The number of amides is 1. The number of carbonyl (C=O) groups is 1. The van der Waals surface area contributed by atoms with Gasteiger partial charge in [0.1, 0.15) is 5.75 Å². The maximum atomic E-state index is 12.4. The molecule has 160 valence electrons. The predicted molar refractivity (Wildman–Crippen MR) is 120 cm³/mol. The zero-order valence-electron chi connectivity index (χ0n) is 17.6. The van der Waals surface area contributed by atoms with Gasteiger partial charge in [-0.25, -0.2) is 8.42 Å². The Hall–Kier alpha value is -2.45. The number of aromatic nitrogens is 1. The molecule has 0 saturated heterocycles. The number of aryl methyl sites for hydroxylation is 1. The van der Waals surface area contributed by atoms with Gasteiger partial charge in [0.2, 0.25) is 5.91 Å². The number of rotatable bonds is 7. The summed E-state index contributed by atoms with van der Waals surface area (Å²) < 4.78 is 32.9. The van der Waals surface area contributed by atoms with Gasteiger partial charge in [-0.2, -0.15) is 4.99 Å².